The fourth-order valence-electron chi connectivity index (χ4n) is 3.35. The molecular formula is C21H32N2O3. The average Bonchev–Trinajstić information content (AvgIpc) is 2.98. The summed E-state index contributed by atoms with van der Waals surface area (Å²) in [6.07, 6.45) is 1.74. The third-order valence-electron chi connectivity index (χ3n) is 4.51. The second kappa shape index (κ2) is 8.67. The number of benzene rings is 1. The van der Waals surface area contributed by atoms with Crippen LogP contribution >= 0.6 is 0 Å². The van der Waals surface area contributed by atoms with Crippen molar-refractivity contribution in [1.29, 1.82) is 0 Å². The number of esters is 1. The fraction of sp³-hybridized carbons (Fsp3) is 0.619. The van der Waals surface area contributed by atoms with Gasteiger partial charge in [0.1, 0.15) is 6.54 Å². The first-order chi connectivity index (χ1) is 12.3. The van der Waals surface area contributed by atoms with E-state index >= 15 is 0 Å². The SMILES string of the molecule is CCCN(CCC)Cc1ccc(C(=O)N2CC(=O)OC2C(C)(C)C)cc1. The van der Waals surface area contributed by atoms with E-state index in [1.165, 1.54) is 10.5 Å². The second-order valence-electron chi connectivity index (χ2n) is 8.11. The van der Waals surface area contributed by atoms with Crippen LogP contribution in [0, 0.1) is 5.41 Å². The number of amides is 1. The highest BCUT2D eigenvalue weighted by atomic mass is 16.6. The van der Waals surface area contributed by atoms with E-state index in [0.29, 0.717) is 5.56 Å². The molecule has 0 bridgehead atoms. The zero-order chi connectivity index (χ0) is 19.3. The zero-order valence-electron chi connectivity index (χ0n) is 16.7. The third kappa shape index (κ3) is 5.07. The zero-order valence-corrected chi connectivity index (χ0v) is 16.7. The molecule has 2 rings (SSSR count). The summed E-state index contributed by atoms with van der Waals surface area (Å²) in [4.78, 5) is 28.6. The number of carbonyl (C=O) groups excluding carboxylic acids is 2. The van der Waals surface area contributed by atoms with Gasteiger partial charge in [0.05, 0.1) is 0 Å². The van der Waals surface area contributed by atoms with E-state index in [-0.39, 0.29) is 23.8 Å². The first-order valence-electron chi connectivity index (χ1n) is 9.58. The van der Waals surface area contributed by atoms with Crippen molar-refractivity contribution >= 4 is 11.9 Å². The summed E-state index contributed by atoms with van der Waals surface area (Å²) < 4.78 is 5.37. The van der Waals surface area contributed by atoms with Crippen LogP contribution in [0.25, 0.3) is 0 Å². The lowest BCUT2D eigenvalue weighted by Crippen LogP contribution is -2.43. The van der Waals surface area contributed by atoms with E-state index in [2.05, 4.69) is 18.7 Å². The van der Waals surface area contributed by atoms with Gasteiger partial charge < -0.3 is 4.74 Å². The minimum absolute atomic E-state index is 0.0172. The van der Waals surface area contributed by atoms with Crippen molar-refractivity contribution in [2.45, 2.75) is 60.2 Å². The van der Waals surface area contributed by atoms with Crippen LogP contribution in [0.15, 0.2) is 24.3 Å². The molecule has 144 valence electrons. The molecule has 1 saturated heterocycles. The molecule has 1 aromatic rings. The van der Waals surface area contributed by atoms with E-state index in [9.17, 15) is 9.59 Å². The Morgan fingerprint density at radius 3 is 2.23 bits per heavy atom. The maximum atomic E-state index is 12.9. The molecule has 0 N–H and O–H groups in total. The number of hydrogen-bond donors (Lipinski definition) is 0. The van der Waals surface area contributed by atoms with Crippen LogP contribution in [0.2, 0.25) is 0 Å². The van der Waals surface area contributed by atoms with E-state index in [4.69, 9.17) is 4.74 Å². The van der Waals surface area contributed by atoms with E-state index in [1.807, 2.05) is 45.0 Å². The summed E-state index contributed by atoms with van der Waals surface area (Å²) in [7, 11) is 0. The molecule has 0 radical (unpaired) electrons. The summed E-state index contributed by atoms with van der Waals surface area (Å²) >= 11 is 0. The van der Waals surface area contributed by atoms with Crippen molar-refractivity contribution in [3.8, 4) is 0 Å². The Morgan fingerprint density at radius 1 is 1.15 bits per heavy atom. The van der Waals surface area contributed by atoms with Gasteiger partial charge in [0, 0.05) is 17.5 Å². The molecule has 1 aromatic carbocycles. The van der Waals surface area contributed by atoms with Crippen LogP contribution in [0.3, 0.4) is 0 Å². The molecule has 0 aromatic heterocycles. The Bertz CT molecular complexity index is 613. The molecule has 1 heterocycles. The van der Waals surface area contributed by atoms with Crippen molar-refractivity contribution in [3.05, 3.63) is 35.4 Å². The first kappa shape index (κ1) is 20.4. The van der Waals surface area contributed by atoms with Crippen molar-refractivity contribution in [1.82, 2.24) is 9.80 Å². The Kier molecular flexibility index (Phi) is 6.81. The predicted octanol–water partition coefficient (Wildman–Crippen LogP) is 3.68. The topological polar surface area (TPSA) is 49.9 Å². The van der Waals surface area contributed by atoms with E-state index in [0.717, 1.165) is 32.5 Å². The lowest BCUT2D eigenvalue weighted by atomic mass is 9.93. The van der Waals surface area contributed by atoms with Gasteiger partial charge in [0.2, 0.25) is 0 Å². The first-order valence-corrected chi connectivity index (χ1v) is 9.58. The van der Waals surface area contributed by atoms with Gasteiger partial charge in [-0.3, -0.25) is 19.4 Å². The molecule has 0 spiro atoms. The summed E-state index contributed by atoms with van der Waals surface area (Å²) in [6, 6.07) is 7.74. The Labute approximate surface area is 157 Å². The molecule has 1 aliphatic heterocycles. The molecule has 0 aliphatic carbocycles. The number of ether oxygens (including phenoxy) is 1. The van der Waals surface area contributed by atoms with Crippen molar-refractivity contribution in [2.24, 2.45) is 5.41 Å². The monoisotopic (exact) mass is 360 g/mol. The van der Waals surface area contributed by atoms with Crippen molar-refractivity contribution in [3.63, 3.8) is 0 Å². The largest absolute Gasteiger partial charge is 0.440 e. The molecule has 1 aliphatic rings. The van der Waals surface area contributed by atoms with Gasteiger partial charge in [0.15, 0.2) is 6.23 Å². The molecule has 0 saturated carbocycles. The van der Waals surface area contributed by atoms with Gasteiger partial charge in [0.25, 0.3) is 5.91 Å². The fourth-order valence-corrected chi connectivity index (χ4v) is 3.35. The molecule has 5 nitrogen and oxygen atoms in total. The average molecular weight is 360 g/mol. The number of carbonyl (C=O) groups is 2. The summed E-state index contributed by atoms with van der Waals surface area (Å²) in [5.41, 5.74) is 1.48. The van der Waals surface area contributed by atoms with Crippen molar-refractivity contribution in [2.75, 3.05) is 19.6 Å². The van der Waals surface area contributed by atoms with Gasteiger partial charge in [-0.25, -0.2) is 0 Å². The highest BCUT2D eigenvalue weighted by Gasteiger charge is 2.43. The van der Waals surface area contributed by atoms with Gasteiger partial charge in [-0.1, -0.05) is 46.8 Å². The van der Waals surface area contributed by atoms with Crippen LogP contribution in [-0.2, 0) is 16.1 Å². The van der Waals surface area contributed by atoms with Gasteiger partial charge in [-0.15, -0.1) is 0 Å². The molecule has 5 heteroatoms. The number of nitrogens with zero attached hydrogens (tertiary/aromatic N) is 2. The summed E-state index contributed by atoms with van der Waals surface area (Å²) in [6.45, 7) is 13.4. The van der Waals surface area contributed by atoms with E-state index in [1.54, 1.807) is 0 Å². The van der Waals surface area contributed by atoms with Gasteiger partial charge in [-0.05, 0) is 43.6 Å². The molecule has 1 amide bonds. The molecular weight excluding hydrogens is 328 g/mol. The third-order valence-corrected chi connectivity index (χ3v) is 4.51. The van der Waals surface area contributed by atoms with Gasteiger partial charge >= 0.3 is 5.97 Å². The Balaban J connectivity index is 2.09. The van der Waals surface area contributed by atoms with E-state index < -0.39 is 6.23 Å². The maximum Gasteiger partial charge on any atom is 0.327 e. The molecule has 1 atom stereocenters. The second-order valence-corrected chi connectivity index (χ2v) is 8.11. The van der Waals surface area contributed by atoms with Gasteiger partial charge in [-0.2, -0.15) is 0 Å². The number of rotatable bonds is 7. The maximum absolute atomic E-state index is 12.9. The molecule has 1 fully saturated rings. The quantitative estimate of drug-likeness (QED) is 0.696. The number of cyclic esters (lactones) is 1. The van der Waals surface area contributed by atoms with Crippen LogP contribution in [-0.4, -0.2) is 47.5 Å². The lowest BCUT2D eigenvalue weighted by molar-refractivity contribution is -0.146. The Hall–Kier alpha value is -1.88. The molecule has 26 heavy (non-hydrogen) atoms. The van der Waals surface area contributed by atoms with Crippen molar-refractivity contribution < 1.29 is 14.3 Å². The summed E-state index contributed by atoms with van der Waals surface area (Å²) in [5, 5.41) is 0. The smallest absolute Gasteiger partial charge is 0.327 e. The van der Waals surface area contributed by atoms with Crippen LogP contribution in [0.5, 0.6) is 0 Å². The highest BCUT2D eigenvalue weighted by molar-refractivity contribution is 5.97. The molecule has 1 unspecified atom stereocenters. The van der Waals surface area contributed by atoms with Crippen LogP contribution < -0.4 is 0 Å². The summed E-state index contributed by atoms with van der Waals surface area (Å²) in [5.74, 6) is -0.494. The minimum atomic E-state index is -0.522. The van der Waals surface area contributed by atoms with Crippen LogP contribution in [0.4, 0.5) is 0 Å². The number of hydrogen-bond acceptors (Lipinski definition) is 4. The van der Waals surface area contributed by atoms with Crippen LogP contribution in [0.1, 0.15) is 63.4 Å². The standard InChI is InChI=1S/C21H32N2O3/c1-6-12-22(13-7-2)14-16-8-10-17(11-9-16)19(25)23-15-18(24)26-20(23)21(3,4)5/h8-11,20H,6-7,12-15H2,1-5H3. The highest BCUT2D eigenvalue weighted by Crippen LogP contribution is 2.30. The minimum Gasteiger partial charge on any atom is -0.440 e. The predicted molar refractivity (Wildman–Crippen MR) is 103 cm³/mol. The lowest BCUT2D eigenvalue weighted by Gasteiger charge is -2.32. The normalized spacial score (nSPS) is 17.7. The Morgan fingerprint density at radius 2 is 1.73 bits per heavy atom.